The van der Waals surface area contributed by atoms with Crippen LogP contribution in [-0.2, 0) is 40.7 Å². The van der Waals surface area contributed by atoms with Crippen LogP contribution in [0.25, 0.3) is 0 Å². The highest BCUT2D eigenvalue weighted by Crippen LogP contribution is 2.66. The molecule has 6 atom stereocenters. The fourth-order valence-electron chi connectivity index (χ4n) is 2.47. The zero-order chi connectivity index (χ0) is 25.4. The van der Waals surface area contributed by atoms with Crippen molar-refractivity contribution in [3.63, 3.8) is 0 Å². The lowest BCUT2D eigenvalue weighted by Crippen LogP contribution is -2.38. The van der Waals surface area contributed by atoms with Crippen molar-refractivity contribution in [2.24, 2.45) is 0 Å². The number of rotatable bonds is 10. The maximum absolute atomic E-state index is 11.9. The molecule has 1 aliphatic heterocycles. The molecule has 1 saturated heterocycles. The molecule has 1 aromatic rings. The van der Waals surface area contributed by atoms with E-state index in [0.717, 1.165) is 12.3 Å². The van der Waals surface area contributed by atoms with Gasteiger partial charge in [-0.15, -0.1) is 0 Å². The maximum Gasteiger partial charge on any atom is 0.490 e. The SMILES string of the molecule is O=c1ccn([C@@H]2O[C@H](COP(=O)(O)OP(=O)(O)OP(=O)(O)O)[C@@H](OP(=O)(O)O)[C@H]2O)c(=O)[nH]1. The number of ether oxygens (including phenoxy) is 1. The molecular weight excluding hydrogens is 548 g/mol. The van der Waals surface area contributed by atoms with E-state index in [1.807, 2.05) is 4.98 Å². The third kappa shape index (κ3) is 8.69. The molecule has 20 nitrogen and oxygen atoms in total. The van der Waals surface area contributed by atoms with Gasteiger partial charge in [-0.25, -0.2) is 23.1 Å². The van der Waals surface area contributed by atoms with Crippen molar-refractivity contribution in [2.45, 2.75) is 24.5 Å². The summed E-state index contributed by atoms with van der Waals surface area (Å²) >= 11 is 0. The van der Waals surface area contributed by atoms with E-state index in [1.165, 1.54) is 0 Å². The first-order valence-electron chi connectivity index (χ1n) is 7.96. The van der Waals surface area contributed by atoms with E-state index in [2.05, 4.69) is 17.7 Å². The van der Waals surface area contributed by atoms with E-state index in [9.17, 15) is 37.8 Å². The quantitative estimate of drug-likeness (QED) is 0.137. The van der Waals surface area contributed by atoms with E-state index in [1.54, 1.807) is 0 Å². The summed E-state index contributed by atoms with van der Waals surface area (Å²) in [6.07, 6.45) is -6.88. The normalized spacial score (nSPS) is 27.7. The van der Waals surface area contributed by atoms with Gasteiger partial charge in [-0.1, -0.05) is 0 Å². The fourth-order valence-corrected chi connectivity index (χ4v) is 6.08. The van der Waals surface area contributed by atoms with Gasteiger partial charge in [0.05, 0.1) is 6.61 Å². The lowest BCUT2D eigenvalue weighted by atomic mass is 10.1. The van der Waals surface area contributed by atoms with Gasteiger partial charge in [0.15, 0.2) is 6.23 Å². The predicted octanol–water partition coefficient (Wildman–Crippen LogP) is -2.38. The van der Waals surface area contributed by atoms with Crippen LogP contribution in [0.1, 0.15) is 6.23 Å². The Hall–Kier alpha value is -0.880. The van der Waals surface area contributed by atoms with Gasteiger partial charge in [-0.05, 0) is 0 Å². The molecule has 0 saturated carbocycles. The number of aliphatic hydroxyl groups is 1. The van der Waals surface area contributed by atoms with E-state index in [4.69, 9.17) is 29.2 Å². The number of aliphatic hydroxyl groups excluding tert-OH is 1. The van der Waals surface area contributed by atoms with Gasteiger partial charge < -0.3 is 39.2 Å². The van der Waals surface area contributed by atoms with Gasteiger partial charge >= 0.3 is 37.0 Å². The zero-order valence-corrected chi connectivity index (χ0v) is 19.1. The summed E-state index contributed by atoms with van der Waals surface area (Å²) in [5.74, 6) is 0. The highest BCUT2D eigenvalue weighted by Gasteiger charge is 2.50. The Bertz CT molecular complexity index is 1160. The number of H-pyrrole nitrogens is 1. The molecular formula is C9H16N2O18P4. The molecule has 8 N–H and O–H groups in total. The average molecular weight is 564 g/mol. The van der Waals surface area contributed by atoms with Crippen LogP contribution in [-0.4, -0.2) is 68.9 Å². The molecule has 33 heavy (non-hydrogen) atoms. The van der Waals surface area contributed by atoms with Crippen LogP contribution >= 0.6 is 31.3 Å². The number of hydrogen-bond donors (Lipinski definition) is 8. The summed E-state index contributed by atoms with van der Waals surface area (Å²) < 4.78 is 66.4. The molecule has 0 spiro atoms. The summed E-state index contributed by atoms with van der Waals surface area (Å²) in [4.78, 5) is 78.5. The molecule has 1 aliphatic rings. The van der Waals surface area contributed by atoms with Crippen LogP contribution in [0, 0.1) is 0 Å². The van der Waals surface area contributed by atoms with Crippen molar-refractivity contribution in [2.75, 3.05) is 6.61 Å². The van der Waals surface area contributed by atoms with Gasteiger partial charge in [0, 0.05) is 12.3 Å². The molecule has 2 heterocycles. The Morgan fingerprint density at radius 2 is 1.58 bits per heavy atom. The number of hydrogen-bond acceptors (Lipinski definition) is 12. The first-order chi connectivity index (χ1) is 14.8. The van der Waals surface area contributed by atoms with Crippen molar-refractivity contribution in [1.82, 2.24) is 9.55 Å². The number of nitrogens with one attached hydrogen (secondary N) is 1. The smallest absolute Gasteiger partial charge is 0.386 e. The second-order valence-corrected chi connectivity index (χ2v) is 11.6. The van der Waals surface area contributed by atoms with Gasteiger partial charge in [0.1, 0.15) is 18.3 Å². The first-order valence-corrected chi connectivity index (χ1v) is 14.0. The number of aromatic nitrogens is 2. The van der Waals surface area contributed by atoms with Crippen molar-refractivity contribution >= 4 is 31.3 Å². The summed E-state index contributed by atoms with van der Waals surface area (Å²) in [7, 11) is -22.5. The topological polar surface area (TPSA) is 311 Å². The average Bonchev–Trinajstić information content (AvgIpc) is 2.84. The first kappa shape index (κ1) is 28.4. The molecule has 24 heteroatoms. The summed E-state index contributed by atoms with van der Waals surface area (Å²) in [6, 6.07) is 0.829. The summed E-state index contributed by atoms with van der Waals surface area (Å²) in [5, 5.41) is 10.3. The lowest BCUT2D eigenvalue weighted by molar-refractivity contribution is -0.0541. The molecule has 1 fully saturated rings. The zero-order valence-electron chi connectivity index (χ0n) is 15.5. The van der Waals surface area contributed by atoms with Gasteiger partial charge in [0.25, 0.3) is 5.56 Å². The Morgan fingerprint density at radius 1 is 0.970 bits per heavy atom. The Balaban J connectivity index is 2.23. The Kier molecular flexibility index (Phi) is 8.60. The molecule has 2 unspecified atom stereocenters. The van der Waals surface area contributed by atoms with Crippen molar-refractivity contribution < 1.29 is 75.1 Å². The molecule has 0 radical (unpaired) electrons. The van der Waals surface area contributed by atoms with Crippen LogP contribution in [0.15, 0.2) is 21.9 Å². The number of phosphoric ester groups is 2. The third-order valence-electron chi connectivity index (χ3n) is 3.51. The second-order valence-electron chi connectivity index (χ2n) is 6.02. The van der Waals surface area contributed by atoms with Crippen LogP contribution < -0.4 is 11.2 Å². The van der Waals surface area contributed by atoms with E-state index >= 15 is 0 Å². The van der Waals surface area contributed by atoms with Crippen LogP contribution in [0.4, 0.5) is 0 Å². The van der Waals surface area contributed by atoms with Crippen molar-refractivity contribution in [3.8, 4) is 0 Å². The number of nitrogens with zero attached hydrogens (tertiary/aromatic N) is 1. The minimum absolute atomic E-state index is 0.576. The van der Waals surface area contributed by atoms with E-state index < -0.39 is 73.7 Å². The van der Waals surface area contributed by atoms with Crippen LogP contribution in [0.5, 0.6) is 0 Å². The van der Waals surface area contributed by atoms with Crippen molar-refractivity contribution in [3.05, 3.63) is 33.1 Å². The largest absolute Gasteiger partial charge is 0.490 e. The maximum atomic E-state index is 11.9. The molecule has 2 rings (SSSR count). The molecule has 0 amide bonds. The summed E-state index contributed by atoms with van der Waals surface area (Å²) in [6.45, 7) is -1.26. The Morgan fingerprint density at radius 3 is 2.09 bits per heavy atom. The third-order valence-corrected chi connectivity index (χ3v) is 7.83. The monoisotopic (exact) mass is 564 g/mol. The van der Waals surface area contributed by atoms with Crippen molar-refractivity contribution in [1.29, 1.82) is 0 Å². The van der Waals surface area contributed by atoms with Gasteiger partial charge in [0.2, 0.25) is 0 Å². The Labute approximate surface area is 181 Å². The van der Waals surface area contributed by atoms with Crippen LogP contribution in [0.2, 0.25) is 0 Å². The molecule has 0 aliphatic carbocycles. The molecule has 0 aromatic carbocycles. The molecule has 0 bridgehead atoms. The van der Waals surface area contributed by atoms with Gasteiger partial charge in [-0.3, -0.25) is 23.4 Å². The number of aromatic amines is 1. The minimum atomic E-state index is -5.86. The highest BCUT2D eigenvalue weighted by atomic mass is 31.3. The standard InChI is InChI=1S/C9H16N2O18P4/c12-5-1-2-11(9(14)10-5)8-6(13)7(27-30(15,16)17)4(26-8)3-25-32(21,22)29-33(23,24)28-31(18,19)20/h1-2,4,6-8,13H,3H2,(H,21,22)(H,23,24)(H,10,12,14)(H2,15,16,17)(H2,18,19,20)/t4-,6-,7-,8-/m1/s1. The highest BCUT2D eigenvalue weighted by molar-refractivity contribution is 7.66. The molecule has 1 aromatic heterocycles. The van der Waals surface area contributed by atoms with E-state index in [-0.39, 0.29) is 0 Å². The number of phosphoric acid groups is 4. The minimum Gasteiger partial charge on any atom is -0.386 e. The fraction of sp³-hybridized carbons (Fsp3) is 0.556. The lowest BCUT2D eigenvalue weighted by Gasteiger charge is -2.22. The predicted molar refractivity (Wildman–Crippen MR) is 98.0 cm³/mol. The summed E-state index contributed by atoms with van der Waals surface area (Å²) in [5.41, 5.74) is -1.97. The van der Waals surface area contributed by atoms with Crippen LogP contribution in [0.3, 0.4) is 0 Å². The van der Waals surface area contributed by atoms with E-state index in [0.29, 0.717) is 4.57 Å². The second kappa shape index (κ2) is 10.0. The van der Waals surface area contributed by atoms with Gasteiger partial charge in [-0.2, -0.15) is 8.62 Å². The molecule has 190 valence electrons.